The van der Waals surface area contributed by atoms with Gasteiger partial charge in [0.1, 0.15) is 0 Å². The van der Waals surface area contributed by atoms with E-state index in [1.807, 2.05) is 0 Å². The third-order valence-electron chi connectivity index (χ3n) is 4.53. The maximum Gasteiger partial charge on any atom is 0.0424 e. The molecule has 1 aliphatic rings. The van der Waals surface area contributed by atoms with Crippen LogP contribution in [0.4, 0.5) is 0 Å². The molecule has 0 aromatic heterocycles. The fraction of sp³-hybridized carbons (Fsp3) is 0.667. The number of nitrogens with two attached hydrogens (primary N) is 1. The SMILES string of the molecule is CCCC1CCN(CC(N)c2cc(C)cc(C)c2)CC1. The molecule has 0 aliphatic carbocycles. The zero-order valence-corrected chi connectivity index (χ0v) is 13.4. The zero-order chi connectivity index (χ0) is 14.5. The van der Waals surface area contributed by atoms with Crippen LogP contribution >= 0.6 is 0 Å². The van der Waals surface area contributed by atoms with E-state index in [4.69, 9.17) is 5.73 Å². The van der Waals surface area contributed by atoms with Crippen molar-refractivity contribution in [1.29, 1.82) is 0 Å². The summed E-state index contributed by atoms with van der Waals surface area (Å²) in [5.41, 5.74) is 10.3. The average Bonchev–Trinajstić information content (AvgIpc) is 2.40. The molecule has 20 heavy (non-hydrogen) atoms. The normalized spacial score (nSPS) is 19.2. The second-order valence-electron chi connectivity index (χ2n) is 6.56. The fourth-order valence-electron chi connectivity index (χ4n) is 3.47. The summed E-state index contributed by atoms with van der Waals surface area (Å²) in [5, 5.41) is 0. The minimum atomic E-state index is 0.149. The summed E-state index contributed by atoms with van der Waals surface area (Å²) in [6.07, 6.45) is 5.44. The molecule has 2 N–H and O–H groups in total. The molecule has 2 heteroatoms. The van der Waals surface area contributed by atoms with Crippen LogP contribution in [-0.2, 0) is 0 Å². The summed E-state index contributed by atoms with van der Waals surface area (Å²) in [5.74, 6) is 0.952. The van der Waals surface area contributed by atoms with Gasteiger partial charge in [-0.1, -0.05) is 49.1 Å². The van der Waals surface area contributed by atoms with Crippen molar-refractivity contribution in [2.45, 2.75) is 52.5 Å². The van der Waals surface area contributed by atoms with Crippen molar-refractivity contribution in [3.63, 3.8) is 0 Å². The number of piperidine rings is 1. The van der Waals surface area contributed by atoms with Gasteiger partial charge < -0.3 is 10.6 Å². The number of nitrogens with zero attached hydrogens (tertiary/aromatic N) is 1. The van der Waals surface area contributed by atoms with Gasteiger partial charge in [0.25, 0.3) is 0 Å². The van der Waals surface area contributed by atoms with Crippen molar-refractivity contribution < 1.29 is 0 Å². The molecule has 1 aromatic rings. The Morgan fingerprint density at radius 1 is 1.15 bits per heavy atom. The number of hydrogen-bond acceptors (Lipinski definition) is 2. The molecule has 0 saturated carbocycles. The molecule has 2 rings (SSSR count). The molecule has 0 spiro atoms. The monoisotopic (exact) mass is 274 g/mol. The van der Waals surface area contributed by atoms with Gasteiger partial charge in [0.15, 0.2) is 0 Å². The van der Waals surface area contributed by atoms with Crippen LogP contribution in [0.15, 0.2) is 18.2 Å². The molecule has 0 bridgehead atoms. The molecule has 1 aromatic carbocycles. The summed E-state index contributed by atoms with van der Waals surface area (Å²) in [6.45, 7) is 10.1. The molecule has 1 saturated heterocycles. The average molecular weight is 274 g/mol. The highest BCUT2D eigenvalue weighted by Crippen LogP contribution is 2.23. The van der Waals surface area contributed by atoms with Crippen molar-refractivity contribution in [2.24, 2.45) is 11.7 Å². The van der Waals surface area contributed by atoms with Crippen molar-refractivity contribution in [1.82, 2.24) is 4.90 Å². The van der Waals surface area contributed by atoms with Gasteiger partial charge in [-0.25, -0.2) is 0 Å². The molecule has 112 valence electrons. The first kappa shape index (κ1) is 15.5. The van der Waals surface area contributed by atoms with Gasteiger partial charge in [0.05, 0.1) is 0 Å². The molecule has 1 atom stereocenters. The van der Waals surface area contributed by atoms with Crippen LogP contribution in [0.2, 0.25) is 0 Å². The number of likely N-dealkylation sites (tertiary alicyclic amines) is 1. The molecule has 1 fully saturated rings. The summed E-state index contributed by atoms with van der Waals surface area (Å²) in [4.78, 5) is 2.55. The Bertz CT molecular complexity index is 399. The zero-order valence-electron chi connectivity index (χ0n) is 13.4. The van der Waals surface area contributed by atoms with E-state index in [1.54, 1.807) is 0 Å². The van der Waals surface area contributed by atoms with Crippen LogP contribution in [0, 0.1) is 19.8 Å². The molecule has 1 unspecified atom stereocenters. The van der Waals surface area contributed by atoms with E-state index in [0.717, 1.165) is 12.5 Å². The topological polar surface area (TPSA) is 29.3 Å². The van der Waals surface area contributed by atoms with E-state index in [9.17, 15) is 0 Å². The van der Waals surface area contributed by atoms with Gasteiger partial charge in [-0.2, -0.15) is 0 Å². The highest BCUT2D eigenvalue weighted by molar-refractivity contribution is 5.30. The number of aryl methyl sites for hydroxylation is 2. The van der Waals surface area contributed by atoms with E-state index < -0.39 is 0 Å². The Balaban J connectivity index is 1.87. The van der Waals surface area contributed by atoms with Crippen LogP contribution in [-0.4, -0.2) is 24.5 Å². The smallest absolute Gasteiger partial charge is 0.0424 e. The first-order valence-electron chi connectivity index (χ1n) is 8.14. The van der Waals surface area contributed by atoms with Gasteiger partial charge in [-0.3, -0.25) is 0 Å². The number of hydrogen-bond donors (Lipinski definition) is 1. The van der Waals surface area contributed by atoms with Gasteiger partial charge in [-0.15, -0.1) is 0 Å². The van der Waals surface area contributed by atoms with Crippen molar-refractivity contribution in [2.75, 3.05) is 19.6 Å². The third kappa shape index (κ3) is 4.32. The quantitative estimate of drug-likeness (QED) is 0.884. The lowest BCUT2D eigenvalue weighted by atomic mass is 9.92. The second kappa shape index (κ2) is 7.24. The number of rotatable bonds is 5. The van der Waals surface area contributed by atoms with E-state index in [-0.39, 0.29) is 6.04 Å². The highest BCUT2D eigenvalue weighted by Gasteiger charge is 2.20. The second-order valence-corrected chi connectivity index (χ2v) is 6.56. The predicted molar refractivity (Wildman–Crippen MR) is 86.9 cm³/mol. The molecule has 1 aliphatic heterocycles. The van der Waals surface area contributed by atoms with Crippen LogP contribution in [0.5, 0.6) is 0 Å². The third-order valence-corrected chi connectivity index (χ3v) is 4.53. The van der Waals surface area contributed by atoms with Gasteiger partial charge in [-0.05, 0) is 51.3 Å². The van der Waals surface area contributed by atoms with E-state index in [2.05, 4.69) is 43.9 Å². The van der Waals surface area contributed by atoms with Crippen LogP contribution in [0.25, 0.3) is 0 Å². The lowest BCUT2D eigenvalue weighted by molar-refractivity contribution is 0.170. The Hall–Kier alpha value is -0.860. The van der Waals surface area contributed by atoms with Crippen LogP contribution < -0.4 is 5.73 Å². The Labute approximate surface area is 124 Å². The molecule has 1 heterocycles. The minimum Gasteiger partial charge on any atom is -0.323 e. The first-order valence-corrected chi connectivity index (χ1v) is 8.14. The first-order chi connectivity index (χ1) is 9.58. The van der Waals surface area contributed by atoms with E-state index in [1.165, 1.54) is 55.5 Å². The van der Waals surface area contributed by atoms with Crippen LogP contribution in [0.1, 0.15) is 55.3 Å². The summed E-state index contributed by atoms with van der Waals surface area (Å²) in [7, 11) is 0. The standard InChI is InChI=1S/C18H30N2/c1-4-5-16-6-8-20(9-7-16)13-18(19)17-11-14(2)10-15(3)12-17/h10-12,16,18H,4-9,13,19H2,1-3H3. The highest BCUT2D eigenvalue weighted by atomic mass is 15.1. The lowest BCUT2D eigenvalue weighted by Gasteiger charge is -2.33. The van der Waals surface area contributed by atoms with Crippen LogP contribution in [0.3, 0.4) is 0 Å². The Morgan fingerprint density at radius 2 is 1.75 bits per heavy atom. The Morgan fingerprint density at radius 3 is 2.30 bits per heavy atom. The summed E-state index contributed by atoms with van der Waals surface area (Å²) >= 11 is 0. The van der Waals surface area contributed by atoms with Crippen molar-refractivity contribution >= 4 is 0 Å². The minimum absolute atomic E-state index is 0.149. The molecule has 0 radical (unpaired) electrons. The van der Waals surface area contributed by atoms with E-state index in [0.29, 0.717) is 0 Å². The molecule has 2 nitrogen and oxygen atoms in total. The van der Waals surface area contributed by atoms with Gasteiger partial charge in [0, 0.05) is 12.6 Å². The maximum atomic E-state index is 6.42. The van der Waals surface area contributed by atoms with Gasteiger partial charge >= 0.3 is 0 Å². The summed E-state index contributed by atoms with van der Waals surface area (Å²) in [6, 6.07) is 6.84. The lowest BCUT2D eigenvalue weighted by Crippen LogP contribution is -2.38. The maximum absolute atomic E-state index is 6.42. The Kier molecular flexibility index (Phi) is 5.62. The number of benzene rings is 1. The fourth-order valence-corrected chi connectivity index (χ4v) is 3.47. The molecule has 0 amide bonds. The molecular weight excluding hydrogens is 244 g/mol. The largest absolute Gasteiger partial charge is 0.323 e. The predicted octanol–water partition coefficient (Wildman–Crippen LogP) is 3.82. The van der Waals surface area contributed by atoms with Crippen molar-refractivity contribution in [3.05, 3.63) is 34.9 Å². The molecular formula is C18H30N2. The van der Waals surface area contributed by atoms with Gasteiger partial charge in [0.2, 0.25) is 0 Å². The summed E-state index contributed by atoms with van der Waals surface area (Å²) < 4.78 is 0. The van der Waals surface area contributed by atoms with E-state index >= 15 is 0 Å². The van der Waals surface area contributed by atoms with Crippen molar-refractivity contribution in [3.8, 4) is 0 Å².